The number of pyridine rings is 1. The van der Waals surface area contributed by atoms with Crippen LogP contribution in [0.5, 0.6) is 17.2 Å². The van der Waals surface area contributed by atoms with Gasteiger partial charge in [0.1, 0.15) is 35.1 Å². The molecule has 0 atom stereocenters. The molecule has 1 fully saturated rings. The number of carbonyl (C=O) groups excluding carboxylic acids is 2. The Labute approximate surface area is 203 Å². The van der Waals surface area contributed by atoms with E-state index in [0.717, 1.165) is 12.8 Å². The summed E-state index contributed by atoms with van der Waals surface area (Å²) in [4.78, 5) is 28.0. The number of methoxy groups -OCH3 is 1. The van der Waals surface area contributed by atoms with E-state index in [0.29, 0.717) is 22.7 Å². The number of aromatic nitrogens is 2. The Balaban J connectivity index is 1.59. The van der Waals surface area contributed by atoms with Gasteiger partial charge >= 0.3 is 13.0 Å². The van der Waals surface area contributed by atoms with Crippen molar-refractivity contribution in [2.45, 2.75) is 32.3 Å². The van der Waals surface area contributed by atoms with Crippen molar-refractivity contribution in [1.82, 2.24) is 14.7 Å². The van der Waals surface area contributed by atoms with E-state index in [-0.39, 0.29) is 48.3 Å². The normalized spacial score (nSPS) is 13.3. The van der Waals surface area contributed by atoms with E-state index >= 15 is 0 Å². The summed E-state index contributed by atoms with van der Waals surface area (Å²) < 4.78 is 68.0. The topological polar surface area (TPSA) is 91.2 Å². The van der Waals surface area contributed by atoms with Crippen LogP contribution in [0.1, 0.15) is 29.6 Å². The molecule has 12 heteroatoms. The number of nitrogens with zero attached hydrogens (tertiary/aromatic N) is 2. The minimum absolute atomic E-state index is 0.0168. The maximum absolute atomic E-state index is 13.2. The van der Waals surface area contributed by atoms with Gasteiger partial charge in [-0.1, -0.05) is 0 Å². The van der Waals surface area contributed by atoms with Crippen LogP contribution < -0.4 is 19.5 Å². The molecule has 1 amide bonds. The number of fused-ring (bicyclic) bond motifs is 1. The monoisotopic (exact) mass is 509 g/mol. The molecule has 0 radical (unpaired) electrons. The van der Waals surface area contributed by atoms with Gasteiger partial charge in [-0.25, -0.2) is 4.98 Å². The van der Waals surface area contributed by atoms with Crippen molar-refractivity contribution in [2.75, 3.05) is 20.3 Å². The summed E-state index contributed by atoms with van der Waals surface area (Å²) >= 11 is 0. The third-order valence-electron chi connectivity index (χ3n) is 5.60. The minimum atomic E-state index is -3.13. The van der Waals surface area contributed by atoms with Crippen molar-refractivity contribution in [3.8, 4) is 28.5 Å². The highest BCUT2D eigenvalue weighted by Gasteiger charge is 2.29. The third-order valence-corrected chi connectivity index (χ3v) is 5.60. The van der Waals surface area contributed by atoms with E-state index in [4.69, 9.17) is 14.2 Å². The Morgan fingerprint density at radius 1 is 1.17 bits per heavy atom. The van der Waals surface area contributed by atoms with E-state index in [9.17, 15) is 27.2 Å². The number of amides is 1. The number of Topliss-reactive ketones (excluding diaryl/α,β-unsaturated/α-hetero) is 1. The van der Waals surface area contributed by atoms with Gasteiger partial charge in [-0.2, -0.15) is 17.6 Å². The second-order valence-corrected chi connectivity index (χ2v) is 8.18. The van der Waals surface area contributed by atoms with E-state index < -0.39 is 18.9 Å². The maximum atomic E-state index is 13.2. The molecule has 0 unspecified atom stereocenters. The number of alkyl halides is 4. The molecule has 36 heavy (non-hydrogen) atoms. The minimum Gasteiger partial charge on any atom is -0.496 e. The zero-order chi connectivity index (χ0) is 25.8. The molecule has 192 valence electrons. The molecule has 8 nitrogen and oxygen atoms in total. The zero-order valence-corrected chi connectivity index (χ0v) is 19.2. The lowest BCUT2D eigenvalue weighted by Crippen LogP contribution is -2.32. The lowest BCUT2D eigenvalue weighted by molar-refractivity contribution is -0.131. The highest BCUT2D eigenvalue weighted by atomic mass is 19.3. The van der Waals surface area contributed by atoms with Crippen LogP contribution in [0.15, 0.2) is 36.7 Å². The molecule has 2 aromatic heterocycles. The standard InChI is InChI=1S/C24H23F4N3O5/c1-34-18-9-14(10-19(36-24(27)28)21(18)17(32)8-13-2-3-13)16-12-30-20-11-15(4-6-31(16)20)35-7-5-29-23(33)22(25)26/h4,6,9-13,22,24H,2-3,5,7-8H2,1H3,(H,29,33). The van der Waals surface area contributed by atoms with Gasteiger partial charge in [-0.05, 0) is 37.0 Å². The van der Waals surface area contributed by atoms with Gasteiger partial charge in [-0.15, -0.1) is 0 Å². The van der Waals surface area contributed by atoms with Gasteiger partial charge in [0.15, 0.2) is 5.78 Å². The number of hydrogen-bond acceptors (Lipinski definition) is 6. The predicted molar refractivity (Wildman–Crippen MR) is 120 cm³/mol. The van der Waals surface area contributed by atoms with Crippen LogP contribution in [0, 0.1) is 5.92 Å². The fourth-order valence-electron chi connectivity index (χ4n) is 3.73. The molecule has 1 saturated carbocycles. The Kier molecular flexibility index (Phi) is 7.61. The lowest BCUT2D eigenvalue weighted by atomic mass is 10.00. The Bertz CT molecular complexity index is 1260. The number of nitrogens with one attached hydrogen (secondary N) is 1. The van der Waals surface area contributed by atoms with Crippen molar-refractivity contribution in [2.24, 2.45) is 5.92 Å². The average molecular weight is 509 g/mol. The number of ketones is 1. The molecule has 1 aromatic carbocycles. The van der Waals surface area contributed by atoms with E-state index in [2.05, 4.69) is 4.98 Å². The van der Waals surface area contributed by atoms with Crippen LogP contribution >= 0.6 is 0 Å². The number of benzene rings is 1. The SMILES string of the molecule is COc1cc(-c2cnc3cc(OCCNC(=O)C(F)F)ccn23)cc(OC(F)F)c1C(=O)CC1CC1. The summed E-state index contributed by atoms with van der Waals surface area (Å²) in [5, 5.41) is 2.03. The molecule has 1 N–H and O–H groups in total. The van der Waals surface area contributed by atoms with E-state index in [1.807, 2.05) is 5.32 Å². The summed E-state index contributed by atoms with van der Waals surface area (Å²) in [6.45, 7) is -3.28. The van der Waals surface area contributed by atoms with Crippen LogP contribution in [0.25, 0.3) is 16.9 Å². The molecule has 0 spiro atoms. The highest BCUT2D eigenvalue weighted by Crippen LogP contribution is 2.40. The van der Waals surface area contributed by atoms with Gasteiger partial charge < -0.3 is 19.5 Å². The van der Waals surface area contributed by atoms with Crippen molar-refractivity contribution >= 4 is 17.3 Å². The van der Waals surface area contributed by atoms with Crippen LogP contribution in [-0.4, -0.2) is 54.4 Å². The van der Waals surface area contributed by atoms with Gasteiger partial charge in [0.05, 0.1) is 25.5 Å². The maximum Gasteiger partial charge on any atom is 0.387 e. The smallest absolute Gasteiger partial charge is 0.387 e. The highest BCUT2D eigenvalue weighted by molar-refractivity contribution is 6.02. The quantitative estimate of drug-likeness (QED) is 0.222. The fraction of sp³-hybridized carbons (Fsp3) is 0.375. The number of carbonyl (C=O) groups is 2. The molecule has 2 heterocycles. The first-order chi connectivity index (χ1) is 17.3. The van der Waals surface area contributed by atoms with Crippen molar-refractivity contribution in [3.05, 3.63) is 42.2 Å². The number of imidazole rings is 1. The largest absolute Gasteiger partial charge is 0.496 e. The molecule has 0 bridgehead atoms. The summed E-state index contributed by atoms with van der Waals surface area (Å²) in [5.74, 6) is -1.22. The van der Waals surface area contributed by atoms with Crippen LogP contribution in [0.3, 0.4) is 0 Å². The van der Waals surface area contributed by atoms with Gasteiger partial charge in [-0.3, -0.25) is 14.0 Å². The van der Waals surface area contributed by atoms with E-state index in [1.165, 1.54) is 19.4 Å². The van der Waals surface area contributed by atoms with Gasteiger partial charge in [0.25, 0.3) is 5.91 Å². The Hall–Kier alpha value is -3.83. The van der Waals surface area contributed by atoms with Crippen molar-refractivity contribution in [3.63, 3.8) is 0 Å². The molecule has 0 aliphatic heterocycles. The van der Waals surface area contributed by atoms with Crippen LogP contribution in [0.4, 0.5) is 17.6 Å². The molecule has 1 aliphatic rings. The second kappa shape index (κ2) is 10.8. The first-order valence-electron chi connectivity index (χ1n) is 11.1. The summed E-state index contributed by atoms with van der Waals surface area (Å²) in [6, 6.07) is 6.10. The Morgan fingerprint density at radius 3 is 2.58 bits per heavy atom. The third kappa shape index (κ3) is 5.86. The molecule has 3 aromatic rings. The fourth-order valence-corrected chi connectivity index (χ4v) is 3.73. The number of ether oxygens (including phenoxy) is 3. The molecule has 0 saturated heterocycles. The summed E-state index contributed by atoms with van der Waals surface area (Å²) in [5.41, 5.74) is 1.38. The van der Waals surface area contributed by atoms with Crippen molar-refractivity contribution < 1.29 is 41.4 Å². The van der Waals surface area contributed by atoms with E-state index in [1.54, 1.807) is 28.8 Å². The molecule has 4 rings (SSSR count). The number of hydrogen-bond donors (Lipinski definition) is 1. The number of rotatable bonds is 12. The van der Waals surface area contributed by atoms with Gasteiger partial charge in [0, 0.05) is 24.2 Å². The molecule has 1 aliphatic carbocycles. The lowest BCUT2D eigenvalue weighted by Gasteiger charge is -2.16. The Morgan fingerprint density at radius 2 is 1.92 bits per heavy atom. The molecular formula is C24H23F4N3O5. The van der Waals surface area contributed by atoms with Crippen LogP contribution in [0.2, 0.25) is 0 Å². The zero-order valence-electron chi connectivity index (χ0n) is 19.2. The van der Waals surface area contributed by atoms with Crippen molar-refractivity contribution in [1.29, 1.82) is 0 Å². The van der Waals surface area contributed by atoms with Crippen LogP contribution in [-0.2, 0) is 4.79 Å². The molecular weight excluding hydrogens is 486 g/mol. The van der Waals surface area contributed by atoms with Gasteiger partial charge in [0.2, 0.25) is 0 Å². The summed E-state index contributed by atoms with van der Waals surface area (Å²) in [6.07, 6.45) is 2.12. The number of halogens is 4. The average Bonchev–Trinajstić information content (AvgIpc) is 3.55. The predicted octanol–water partition coefficient (Wildman–Crippen LogP) is 4.35. The first kappa shape index (κ1) is 25.3. The first-order valence-corrected chi connectivity index (χ1v) is 11.1. The summed E-state index contributed by atoms with van der Waals surface area (Å²) in [7, 11) is 1.35. The second-order valence-electron chi connectivity index (χ2n) is 8.18.